The summed E-state index contributed by atoms with van der Waals surface area (Å²) in [5, 5.41) is 0. The molecule has 0 heterocycles. The topological polar surface area (TPSA) is 0 Å². The van der Waals surface area contributed by atoms with Gasteiger partial charge < -0.3 is 0 Å². The van der Waals surface area contributed by atoms with Crippen molar-refractivity contribution >= 4 is 0 Å². The Balaban J connectivity index is 3.64. The van der Waals surface area contributed by atoms with E-state index >= 15 is 0 Å². The molecule has 0 N–H and O–H groups in total. The van der Waals surface area contributed by atoms with Crippen molar-refractivity contribution in [3.63, 3.8) is 0 Å². The van der Waals surface area contributed by atoms with Gasteiger partial charge in [0.2, 0.25) is 0 Å². The predicted octanol–water partition coefficient (Wildman–Crippen LogP) is 2.82. The molecule has 0 saturated heterocycles. The van der Waals surface area contributed by atoms with Gasteiger partial charge in [-0.05, 0) is 13.3 Å². The Morgan fingerprint density at radius 2 is 2.00 bits per heavy atom. The molecule has 10 heavy (non-hydrogen) atoms. The third-order valence-electron chi connectivity index (χ3n) is 1.55. The average Bonchev–Trinajstić information content (AvgIpc) is 1.87. The van der Waals surface area contributed by atoms with Gasteiger partial charge in [-0.3, -0.25) is 0 Å². The van der Waals surface area contributed by atoms with Crippen LogP contribution in [0, 0.1) is 0 Å². The SMILES string of the molecule is CCC(C)(F)C[C@@H](F)CF. The highest BCUT2D eigenvalue weighted by Gasteiger charge is 2.25. The molecule has 2 atom stereocenters. The third kappa shape index (κ3) is 3.75. The first kappa shape index (κ1) is 9.79. The summed E-state index contributed by atoms with van der Waals surface area (Å²) in [6.07, 6.45) is -1.75. The van der Waals surface area contributed by atoms with E-state index in [4.69, 9.17) is 0 Å². The Hall–Kier alpha value is -0.210. The number of alkyl halides is 3. The molecular formula is C7H13F3. The summed E-state index contributed by atoms with van der Waals surface area (Å²) in [7, 11) is 0. The largest absolute Gasteiger partial charge is 0.248 e. The highest BCUT2D eigenvalue weighted by Crippen LogP contribution is 2.22. The van der Waals surface area contributed by atoms with E-state index in [9.17, 15) is 13.2 Å². The van der Waals surface area contributed by atoms with E-state index in [-0.39, 0.29) is 12.8 Å². The van der Waals surface area contributed by atoms with Crippen LogP contribution in [0.25, 0.3) is 0 Å². The highest BCUT2D eigenvalue weighted by molar-refractivity contribution is 4.75. The van der Waals surface area contributed by atoms with E-state index in [1.807, 2.05) is 0 Å². The van der Waals surface area contributed by atoms with Gasteiger partial charge in [-0.25, -0.2) is 13.2 Å². The summed E-state index contributed by atoms with van der Waals surface area (Å²) >= 11 is 0. The van der Waals surface area contributed by atoms with Crippen molar-refractivity contribution in [2.24, 2.45) is 0 Å². The van der Waals surface area contributed by atoms with Crippen molar-refractivity contribution < 1.29 is 13.2 Å². The van der Waals surface area contributed by atoms with Gasteiger partial charge in [-0.15, -0.1) is 0 Å². The number of halogens is 3. The molecule has 0 saturated carbocycles. The second-order valence-electron chi connectivity index (χ2n) is 2.72. The third-order valence-corrected chi connectivity index (χ3v) is 1.55. The normalized spacial score (nSPS) is 20.1. The van der Waals surface area contributed by atoms with Gasteiger partial charge in [0.1, 0.15) is 18.5 Å². The summed E-state index contributed by atoms with van der Waals surface area (Å²) in [4.78, 5) is 0. The molecule has 0 fully saturated rings. The summed E-state index contributed by atoms with van der Waals surface area (Å²) < 4.78 is 36.6. The van der Waals surface area contributed by atoms with Crippen molar-refractivity contribution in [1.82, 2.24) is 0 Å². The fraction of sp³-hybridized carbons (Fsp3) is 1.00. The Bertz CT molecular complexity index is 90.9. The van der Waals surface area contributed by atoms with E-state index in [0.717, 1.165) is 0 Å². The molecular weight excluding hydrogens is 141 g/mol. The van der Waals surface area contributed by atoms with Crippen molar-refractivity contribution in [1.29, 1.82) is 0 Å². The first-order valence-electron chi connectivity index (χ1n) is 3.41. The lowest BCUT2D eigenvalue weighted by molar-refractivity contribution is 0.107. The van der Waals surface area contributed by atoms with Crippen LogP contribution >= 0.6 is 0 Å². The zero-order valence-corrected chi connectivity index (χ0v) is 6.33. The minimum Gasteiger partial charge on any atom is -0.248 e. The molecule has 0 aromatic carbocycles. The molecule has 0 radical (unpaired) electrons. The van der Waals surface area contributed by atoms with E-state index in [1.54, 1.807) is 6.92 Å². The van der Waals surface area contributed by atoms with Gasteiger partial charge in [-0.1, -0.05) is 6.92 Å². The van der Waals surface area contributed by atoms with E-state index < -0.39 is 18.5 Å². The summed E-state index contributed by atoms with van der Waals surface area (Å²) in [5.74, 6) is 0. The molecule has 62 valence electrons. The summed E-state index contributed by atoms with van der Waals surface area (Å²) in [6, 6.07) is 0. The number of hydrogen-bond donors (Lipinski definition) is 0. The maximum absolute atomic E-state index is 12.9. The molecule has 0 aromatic heterocycles. The van der Waals surface area contributed by atoms with Crippen molar-refractivity contribution in [3.05, 3.63) is 0 Å². The molecule has 0 aliphatic carbocycles. The van der Waals surface area contributed by atoms with Gasteiger partial charge in [0.15, 0.2) is 0 Å². The average molecular weight is 154 g/mol. The smallest absolute Gasteiger partial charge is 0.131 e. The molecule has 0 spiro atoms. The van der Waals surface area contributed by atoms with Gasteiger partial charge in [0, 0.05) is 6.42 Å². The predicted molar refractivity (Wildman–Crippen MR) is 35.3 cm³/mol. The van der Waals surface area contributed by atoms with Gasteiger partial charge >= 0.3 is 0 Å². The minimum atomic E-state index is -1.64. The molecule has 0 amide bonds. The molecule has 3 heteroatoms. The molecule has 0 rings (SSSR count). The Morgan fingerprint density at radius 3 is 2.30 bits per heavy atom. The fourth-order valence-electron chi connectivity index (χ4n) is 0.661. The summed E-state index contributed by atoms with van der Waals surface area (Å²) in [6.45, 7) is 1.82. The highest BCUT2D eigenvalue weighted by atomic mass is 19.2. The van der Waals surface area contributed by atoms with Crippen LogP contribution in [0.1, 0.15) is 26.7 Å². The number of hydrogen-bond acceptors (Lipinski definition) is 0. The molecule has 0 aromatic rings. The Morgan fingerprint density at radius 1 is 1.50 bits per heavy atom. The van der Waals surface area contributed by atoms with Crippen LogP contribution in [0.3, 0.4) is 0 Å². The number of rotatable bonds is 4. The van der Waals surface area contributed by atoms with E-state index in [1.165, 1.54) is 6.92 Å². The van der Waals surface area contributed by atoms with E-state index in [0.29, 0.717) is 0 Å². The van der Waals surface area contributed by atoms with Crippen LogP contribution < -0.4 is 0 Å². The van der Waals surface area contributed by atoms with Crippen LogP contribution in [0.4, 0.5) is 13.2 Å². The molecule has 0 aliphatic rings. The lowest BCUT2D eigenvalue weighted by atomic mass is 9.99. The standard InChI is InChI=1S/C7H13F3/c1-3-7(2,10)4-6(9)5-8/h6H,3-5H2,1-2H3/t6-,7?/m1/s1. The first-order chi connectivity index (χ1) is 4.52. The van der Waals surface area contributed by atoms with Gasteiger partial charge in [0.25, 0.3) is 0 Å². The van der Waals surface area contributed by atoms with Crippen LogP contribution in [0.5, 0.6) is 0 Å². The monoisotopic (exact) mass is 154 g/mol. The first-order valence-corrected chi connectivity index (χ1v) is 3.41. The maximum Gasteiger partial charge on any atom is 0.131 e. The fourth-order valence-corrected chi connectivity index (χ4v) is 0.661. The summed E-state index contributed by atoms with van der Waals surface area (Å²) in [5.41, 5.74) is -1.55. The molecule has 0 nitrogen and oxygen atoms in total. The van der Waals surface area contributed by atoms with Crippen LogP contribution in [0.15, 0.2) is 0 Å². The van der Waals surface area contributed by atoms with E-state index in [2.05, 4.69) is 0 Å². The molecule has 0 aliphatic heterocycles. The lowest BCUT2D eigenvalue weighted by Crippen LogP contribution is -2.23. The second kappa shape index (κ2) is 3.84. The van der Waals surface area contributed by atoms with Crippen molar-refractivity contribution in [2.75, 3.05) is 6.67 Å². The second-order valence-corrected chi connectivity index (χ2v) is 2.72. The Kier molecular flexibility index (Phi) is 3.76. The van der Waals surface area contributed by atoms with Crippen molar-refractivity contribution in [2.45, 2.75) is 38.5 Å². The maximum atomic E-state index is 12.9. The minimum absolute atomic E-state index is 0.230. The van der Waals surface area contributed by atoms with Crippen LogP contribution in [0.2, 0.25) is 0 Å². The zero-order valence-electron chi connectivity index (χ0n) is 6.33. The van der Waals surface area contributed by atoms with Crippen molar-refractivity contribution in [3.8, 4) is 0 Å². The Labute approximate surface area is 59.4 Å². The van der Waals surface area contributed by atoms with Gasteiger partial charge in [-0.2, -0.15) is 0 Å². The lowest BCUT2D eigenvalue weighted by Gasteiger charge is -2.18. The van der Waals surface area contributed by atoms with Crippen LogP contribution in [-0.4, -0.2) is 18.5 Å². The quantitative estimate of drug-likeness (QED) is 0.584. The zero-order chi connectivity index (χ0) is 8.20. The van der Waals surface area contributed by atoms with Crippen LogP contribution in [-0.2, 0) is 0 Å². The molecule has 1 unspecified atom stereocenters. The molecule has 0 bridgehead atoms. The van der Waals surface area contributed by atoms with Gasteiger partial charge in [0.05, 0.1) is 0 Å².